The van der Waals surface area contributed by atoms with Gasteiger partial charge in [-0.05, 0) is 39.4 Å². The van der Waals surface area contributed by atoms with Gasteiger partial charge in [-0.15, -0.1) is 10.2 Å². The number of hydrogen-bond donors (Lipinski definition) is 1. The molecule has 0 aromatic carbocycles. The van der Waals surface area contributed by atoms with Crippen LogP contribution in [0.2, 0.25) is 5.15 Å². The quantitative estimate of drug-likeness (QED) is 0.788. The highest BCUT2D eigenvalue weighted by Gasteiger charge is 2.17. The van der Waals surface area contributed by atoms with Gasteiger partial charge in [0.25, 0.3) is 0 Å². The molecule has 5 nitrogen and oxygen atoms in total. The Morgan fingerprint density at radius 3 is 2.47 bits per heavy atom. The van der Waals surface area contributed by atoms with Gasteiger partial charge >= 0.3 is 0 Å². The molecule has 0 spiro atoms. The number of fused-ring (bicyclic) bond motifs is 1. The van der Waals surface area contributed by atoms with E-state index >= 15 is 0 Å². The van der Waals surface area contributed by atoms with Gasteiger partial charge in [0, 0.05) is 11.1 Å². The number of piperidine rings is 1. The molecule has 2 aliphatic rings. The van der Waals surface area contributed by atoms with Crippen molar-refractivity contribution in [2.45, 2.75) is 32.3 Å². The second-order valence-electron chi connectivity index (χ2n) is 5.00. The minimum atomic E-state index is 0.402. The molecular weight excluding hydrogens is 264 g/mol. The number of hydrogen-bond acceptors (Lipinski definition) is 5. The van der Waals surface area contributed by atoms with Crippen LogP contribution in [-0.4, -0.2) is 41.8 Å². The van der Waals surface area contributed by atoms with Crippen LogP contribution in [0, 0.1) is 0 Å². The van der Waals surface area contributed by atoms with E-state index in [1.807, 2.05) is 0 Å². The van der Waals surface area contributed by atoms with E-state index in [1.54, 1.807) is 0 Å². The van der Waals surface area contributed by atoms with E-state index in [0.29, 0.717) is 24.2 Å². The molecule has 6 heteroatoms. The molecule has 106 valence electrons. The van der Waals surface area contributed by atoms with Crippen LogP contribution in [0.4, 0.5) is 5.82 Å². The summed E-state index contributed by atoms with van der Waals surface area (Å²) in [5, 5.41) is 7.84. The molecular formula is C13H21ClN4O. The molecule has 3 rings (SSSR count). The van der Waals surface area contributed by atoms with Gasteiger partial charge in [0.05, 0.1) is 13.2 Å². The molecule has 1 fully saturated rings. The van der Waals surface area contributed by atoms with Crippen molar-refractivity contribution in [3.8, 4) is 0 Å². The van der Waals surface area contributed by atoms with E-state index in [0.717, 1.165) is 17.5 Å². The summed E-state index contributed by atoms with van der Waals surface area (Å²) in [4.78, 5) is 2.39. The lowest BCUT2D eigenvalue weighted by Crippen LogP contribution is -2.24. The maximum atomic E-state index is 5.80. The lowest BCUT2D eigenvalue weighted by molar-refractivity contribution is 0.110. The zero-order valence-corrected chi connectivity index (χ0v) is 12.1. The molecule has 3 heterocycles. The maximum absolute atomic E-state index is 5.80. The number of rotatable bonds is 0. The van der Waals surface area contributed by atoms with Gasteiger partial charge in [-0.2, -0.15) is 0 Å². The Labute approximate surface area is 119 Å². The Morgan fingerprint density at radius 1 is 1.16 bits per heavy atom. The Morgan fingerprint density at radius 2 is 1.89 bits per heavy atom. The predicted octanol–water partition coefficient (Wildman–Crippen LogP) is 1.89. The topological polar surface area (TPSA) is 64.3 Å². The van der Waals surface area contributed by atoms with E-state index in [1.165, 1.54) is 32.4 Å². The fourth-order valence-corrected chi connectivity index (χ4v) is 2.53. The predicted molar refractivity (Wildman–Crippen MR) is 76.2 cm³/mol. The van der Waals surface area contributed by atoms with Crippen LogP contribution in [0.5, 0.6) is 0 Å². The summed E-state index contributed by atoms with van der Waals surface area (Å²) in [6.45, 7) is 3.81. The largest absolute Gasteiger partial charge is 0.382 e. The highest BCUT2D eigenvalue weighted by Crippen LogP contribution is 2.25. The summed E-state index contributed by atoms with van der Waals surface area (Å²) in [5.74, 6) is 0.470. The highest BCUT2D eigenvalue weighted by molar-refractivity contribution is 6.30. The molecule has 0 atom stereocenters. The van der Waals surface area contributed by atoms with E-state index < -0.39 is 0 Å². The zero-order chi connectivity index (χ0) is 13.7. The number of ether oxygens (including phenoxy) is 1. The van der Waals surface area contributed by atoms with Crippen LogP contribution in [0.3, 0.4) is 0 Å². The fraction of sp³-hybridized carbons (Fsp3) is 0.692. The molecule has 0 bridgehead atoms. The Hall–Kier alpha value is -0.910. The molecule has 2 aliphatic heterocycles. The number of nitrogens with zero attached hydrogens (tertiary/aromatic N) is 3. The first-order valence-electron chi connectivity index (χ1n) is 6.74. The third kappa shape index (κ3) is 4.03. The normalized spacial score (nSPS) is 19.3. The van der Waals surface area contributed by atoms with Crippen LogP contribution in [-0.2, 0) is 17.8 Å². The third-order valence-corrected chi connectivity index (χ3v) is 3.79. The summed E-state index contributed by atoms with van der Waals surface area (Å²) in [6.07, 6.45) is 5.05. The second kappa shape index (κ2) is 7.03. The number of aromatic nitrogens is 2. The zero-order valence-electron chi connectivity index (χ0n) is 11.4. The van der Waals surface area contributed by atoms with Crippen molar-refractivity contribution in [3.05, 3.63) is 16.3 Å². The monoisotopic (exact) mass is 284 g/mol. The van der Waals surface area contributed by atoms with Crippen LogP contribution < -0.4 is 5.73 Å². The summed E-state index contributed by atoms with van der Waals surface area (Å²) < 4.78 is 5.22. The van der Waals surface area contributed by atoms with Gasteiger partial charge in [-0.25, -0.2) is 0 Å². The van der Waals surface area contributed by atoms with Crippen molar-refractivity contribution in [1.29, 1.82) is 0 Å². The molecule has 19 heavy (non-hydrogen) atoms. The van der Waals surface area contributed by atoms with Crippen LogP contribution in [0.1, 0.15) is 30.4 Å². The van der Waals surface area contributed by atoms with Crippen molar-refractivity contribution in [3.63, 3.8) is 0 Å². The molecule has 0 aliphatic carbocycles. The van der Waals surface area contributed by atoms with Crippen molar-refractivity contribution < 1.29 is 4.74 Å². The van der Waals surface area contributed by atoms with Crippen LogP contribution >= 0.6 is 11.6 Å². The Kier molecular flexibility index (Phi) is 5.36. The third-order valence-electron chi connectivity index (χ3n) is 3.49. The first kappa shape index (κ1) is 14.5. The van der Waals surface area contributed by atoms with Crippen molar-refractivity contribution in [2.24, 2.45) is 0 Å². The van der Waals surface area contributed by atoms with Gasteiger partial charge in [-0.1, -0.05) is 18.0 Å². The summed E-state index contributed by atoms with van der Waals surface area (Å²) in [5.41, 5.74) is 7.49. The van der Waals surface area contributed by atoms with Gasteiger partial charge < -0.3 is 15.4 Å². The molecule has 1 aromatic rings. The van der Waals surface area contributed by atoms with Gasteiger partial charge in [-0.3, -0.25) is 0 Å². The average Bonchev–Trinajstić information content (AvgIpc) is 2.45. The maximum Gasteiger partial charge on any atom is 0.157 e. The fourth-order valence-electron chi connectivity index (χ4n) is 2.32. The van der Waals surface area contributed by atoms with Crippen molar-refractivity contribution in [2.75, 3.05) is 32.5 Å². The summed E-state index contributed by atoms with van der Waals surface area (Å²) >= 11 is 5.80. The molecule has 0 unspecified atom stereocenters. The highest BCUT2D eigenvalue weighted by atomic mass is 35.5. The lowest BCUT2D eigenvalue weighted by Gasteiger charge is -2.20. The average molecular weight is 285 g/mol. The summed E-state index contributed by atoms with van der Waals surface area (Å²) in [6, 6.07) is 0. The SMILES string of the molecule is CN1CCCCC1.Nc1nnc(Cl)c2c1CCOC2. The first-order valence-corrected chi connectivity index (χ1v) is 7.12. The first-order chi connectivity index (χ1) is 9.18. The number of nitrogen functional groups attached to an aromatic ring is 1. The van der Waals surface area contributed by atoms with Crippen LogP contribution in [0.25, 0.3) is 0 Å². The van der Waals surface area contributed by atoms with E-state index in [9.17, 15) is 0 Å². The smallest absolute Gasteiger partial charge is 0.157 e. The van der Waals surface area contributed by atoms with Crippen molar-refractivity contribution >= 4 is 17.4 Å². The molecule has 1 saturated heterocycles. The Bertz CT molecular complexity index is 390. The number of anilines is 1. The lowest BCUT2D eigenvalue weighted by atomic mass is 10.1. The standard InChI is InChI=1S/C7H8ClN3O.C6H13N/c8-6-5-3-12-2-1-4(5)7(9)11-10-6;1-7-5-3-2-4-6-7/h1-3H2,(H2,9,11);2-6H2,1H3. The van der Waals surface area contributed by atoms with E-state index in [4.69, 9.17) is 22.1 Å². The number of halogens is 1. The van der Waals surface area contributed by atoms with E-state index in [-0.39, 0.29) is 0 Å². The van der Waals surface area contributed by atoms with Crippen molar-refractivity contribution in [1.82, 2.24) is 15.1 Å². The minimum Gasteiger partial charge on any atom is -0.382 e. The van der Waals surface area contributed by atoms with Gasteiger partial charge in [0.2, 0.25) is 0 Å². The molecule has 0 saturated carbocycles. The van der Waals surface area contributed by atoms with Crippen LogP contribution in [0.15, 0.2) is 0 Å². The summed E-state index contributed by atoms with van der Waals surface area (Å²) in [7, 11) is 2.19. The number of likely N-dealkylation sites (tertiary alicyclic amines) is 1. The molecule has 0 amide bonds. The Balaban J connectivity index is 0.000000163. The molecule has 0 radical (unpaired) electrons. The molecule has 1 aromatic heterocycles. The second-order valence-corrected chi connectivity index (χ2v) is 5.36. The number of nitrogens with two attached hydrogens (primary N) is 1. The van der Waals surface area contributed by atoms with Gasteiger partial charge in [0.1, 0.15) is 5.82 Å². The molecule has 2 N–H and O–H groups in total. The van der Waals surface area contributed by atoms with Gasteiger partial charge in [0.15, 0.2) is 5.15 Å². The van der Waals surface area contributed by atoms with E-state index in [2.05, 4.69) is 22.1 Å². The minimum absolute atomic E-state index is 0.402.